The number of carbonyl (C=O) groups excluding carboxylic acids is 1. The molecule has 1 N–H and O–H groups in total. The fourth-order valence-corrected chi connectivity index (χ4v) is 3.45. The van der Waals surface area contributed by atoms with Gasteiger partial charge in [-0.15, -0.1) is 11.3 Å². The minimum atomic E-state index is -0.269. The minimum absolute atomic E-state index is 0.0779. The highest BCUT2D eigenvalue weighted by atomic mass is 32.1. The molecule has 1 amide bonds. The molecule has 0 saturated carbocycles. The van der Waals surface area contributed by atoms with Crippen LogP contribution in [0.5, 0.6) is 0 Å². The number of thiophene rings is 1. The first kappa shape index (κ1) is 13.1. The summed E-state index contributed by atoms with van der Waals surface area (Å²) in [6.07, 6.45) is 3.78. The van der Waals surface area contributed by atoms with E-state index in [1.165, 1.54) is 18.2 Å². The van der Waals surface area contributed by atoms with Crippen LogP contribution in [0, 0.1) is 0 Å². The zero-order chi connectivity index (χ0) is 13.9. The lowest BCUT2D eigenvalue weighted by Gasteiger charge is -2.23. The number of fused-ring (bicyclic) bond motifs is 1. The zero-order valence-electron chi connectivity index (χ0n) is 11.1. The van der Waals surface area contributed by atoms with Crippen molar-refractivity contribution in [3.05, 3.63) is 40.4 Å². The monoisotopic (exact) mass is 289 g/mol. The lowest BCUT2D eigenvalue weighted by Crippen LogP contribution is -2.38. The van der Waals surface area contributed by atoms with Crippen molar-refractivity contribution in [2.75, 3.05) is 13.6 Å². The third kappa shape index (κ3) is 2.41. The van der Waals surface area contributed by atoms with Gasteiger partial charge in [-0.2, -0.15) is 0 Å². The van der Waals surface area contributed by atoms with Crippen LogP contribution in [0.25, 0.3) is 0 Å². The average molecular weight is 289 g/mol. The fraction of sp³-hybridized carbons (Fsp3) is 0.385. The second-order valence-corrected chi connectivity index (χ2v) is 5.54. The van der Waals surface area contributed by atoms with Crippen molar-refractivity contribution in [1.29, 1.82) is 0 Å². The fourth-order valence-electron chi connectivity index (χ4n) is 2.39. The van der Waals surface area contributed by atoms with E-state index < -0.39 is 0 Å². The lowest BCUT2D eigenvalue weighted by molar-refractivity contribution is -0.133. The van der Waals surface area contributed by atoms with Crippen LogP contribution in [0.1, 0.15) is 22.3 Å². The summed E-state index contributed by atoms with van der Waals surface area (Å²) in [5.74, 6) is 0.697. The number of carbonyl (C=O) groups is 1. The summed E-state index contributed by atoms with van der Waals surface area (Å²) in [5.41, 5.74) is 1.25. The molecule has 0 spiro atoms. The summed E-state index contributed by atoms with van der Waals surface area (Å²) >= 11 is 1.63. The highest BCUT2D eigenvalue weighted by Crippen LogP contribution is 2.29. The van der Waals surface area contributed by atoms with Crippen LogP contribution in [0.15, 0.2) is 24.1 Å². The van der Waals surface area contributed by atoms with E-state index in [9.17, 15) is 4.79 Å². The van der Waals surface area contributed by atoms with Crippen molar-refractivity contribution in [3.8, 4) is 0 Å². The first-order chi connectivity index (χ1) is 9.79. The number of aromatic nitrogens is 3. The Kier molecular flexibility index (Phi) is 3.70. The Morgan fingerprint density at radius 3 is 3.00 bits per heavy atom. The van der Waals surface area contributed by atoms with Crippen LogP contribution in [0.3, 0.4) is 0 Å². The minimum Gasteiger partial charge on any atom is -0.333 e. The second-order valence-electron chi connectivity index (χ2n) is 4.60. The van der Waals surface area contributed by atoms with Gasteiger partial charge < -0.3 is 10.2 Å². The second kappa shape index (κ2) is 5.64. The summed E-state index contributed by atoms with van der Waals surface area (Å²) in [4.78, 5) is 27.5. The first-order valence-electron chi connectivity index (χ1n) is 6.43. The Hall–Kier alpha value is -1.86. The molecule has 0 fully saturated rings. The number of amides is 1. The maximum absolute atomic E-state index is 12.6. The Balaban J connectivity index is 1.84. The maximum Gasteiger partial charge on any atom is 0.245 e. The van der Waals surface area contributed by atoms with E-state index >= 15 is 0 Å². The Morgan fingerprint density at radius 1 is 1.45 bits per heavy atom. The predicted molar refractivity (Wildman–Crippen MR) is 75.1 cm³/mol. The van der Waals surface area contributed by atoms with Gasteiger partial charge in [-0.25, -0.2) is 15.0 Å². The lowest BCUT2D eigenvalue weighted by atomic mass is 10.1. The van der Waals surface area contributed by atoms with Crippen molar-refractivity contribution in [2.24, 2.45) is 0 Å². The molecular formula is C13H15N5OS. The smallest absolute Gasteiger partial charge is 0.245 e. The number of hydrogen-bond donors (Lipinski definition) is 1. The third-order valence-electron chi connectivity index (χ3n) is 3.42. The largest absolute Gasteiger partial charge is 0.333 e. The standard InChI is InChI=1S/C13H15N5OS/c1-14-11-12-9(3-5-20-12)2-4-18(13(11)19)6-10-16-7-15-8-17-10/h3,5,7-8,11,14H,2,4,6H2,1H3. The highest BCUT2D eigenvalue weighted by molar-refractivity contribution is 7.10. The van der Waals surface area contributed by atoms with Crippen LogP contribution in [0.4, 0.5) is 0 Å². The average Bonchev–Trinajstić information content (AvgIpc) is 2.89. The quantitative estimate of drug-likeness (QED) is 0.904. The van der Waals surface area contributed by atoms with E-state index in [1.54, 1.807) is 11.3 Å². The molecule has 6 nitrogen and oxygen atoms in total. The van der Waals surface area contributed by atoms with E-state index in [1.807, 2.05) is 17.3 Å². The molecule has 1 aliphatic heterocycles. The van der Waals surface area contributed by atoms with Crippen molar-refractivity contribution in [3.63, 3.8) is 0 Å². The van der Waals surface area contributed by atoms with Gasteiger partial charge in [-0.05, 0) is 30.5 Å². The van der Waals surface area contributed by atoms with Crippen LogP contribution in [-0.4, -0.2) is 39.4 Å². The topological polar surface area (TPSA) is 71.0 Å². The van der Waals surface area contributed by atoms with Crippen LogP contribution >= 0.6 is 11.3 Å². The molecule has 2 aromatic heterocycles. The van der Waals surface area contributed by atoms with Crippen molar-refractivity contribution >= 4 is 17.2 Å². The summed E-state index contributed by atoms with van der Waals surface area (Å²) in [7, 11) is 1.82. The van der Waals surface area contributed by atoms with Gasteiger partial charge in [0.05, 0.1) is 6.54 Å². The molecule has 20 heavy (non-hydrogen) atoms. The molecule has 1 aliphatic rings. The molecule has 1 unspecified atom stereocenters. The summed E-state index contributed by atoms with van der Waals surface area (Å²) in [6, 6.07) is 1.83. The van der Waals surface area contributed by atoms with Gasteiger partial charge in [0, 0.05) is 11.4 Å². The van der Waals surface area contributed by atoms with Gasteiger partial charge in [0.15, 0.2) is 5.82 Å². The van der Waals surface area contributed by atoms with Crippen molar-refractivity contribution in [1.82, 2.24) is 25.2 Å². The van der Waals surface area contributed by atoms with Crippen LogP contribution < -0.4 is 5.32 Å². The molecule has 104 valence electrons. The van der Waals surface area contributed by atoms with Gasteiger partial charge in [-0.3, -0.25) is 4.79 Å². The van der Waals surface area contributed by atoms with Gasteiger partial charge in [-0.1, -0.05) is 0 Å². The van der Waals surface area contributed by atoms with E-state index in [0.717, 1.165) is 11.3 Å². The number of rotatable bonds is 3. The van der Waals surface area contributed by atoms with E-state index in [2.05, 4.69) is 26.3 Å². The van der Waals surface area contributed by atoms with Crippen LogP contribution in [-0.2, 0) is 17.8 Å². The molecule has 3 rings (SSSR count). The molecule has 0 aliphatic carbocycles. The molecule has 7 heteroatoms. The van der Waals surface area contributed by atoms with E-state index in [4.69, 9.17) is 0 Å². The zero-order valence-corrected chi connectivity index (χ0v) is 11.9. The predicted octanol–water partition coefficient (Wildman–Crippen LogP) is 0.778. The first-order valence-corrected chi connectivity index (χ1v) is 7.30. The van der Waals surface area contributed by atoms with Crippen molar-refractivity contribution < 1.29 is 4.79 Å². The summed E-state index contributed by atoms with van der Waals surface area (Å²) < 4.78 is 0. The van der Waals surface area contributed by atoms with Crippen LogP contribution in [0.2, 0.25) is 0 Å². The summed E-state index contributed by atoms with van der Waals surface area (Å²) in [5, 5.41) is 5.16. The molecule has 2 aromatic rings. The Bertz CT molecular complexity index is 600. The van der Waals surface area contributed by atoms with Gasteiger partial charge >= 0.3 is 0 Å². The Morgan fingerprint density at radius 2 is 2.25 bits per heavy atom. The molecule has 3 heterocycles. The molecule has 1 atom stereocenters. The van der Waals surface area contributed by atoms with Gasteiger partial charge in [0.2, 0.25) is 5.91 Å². The summed E-state index contributed by atoms with van der Waals surface area (Å²) in [6.45, 7) is 1.11. The number of hydrogen-bond acceptors (Lipinski definition) is 6. The molecule has 0 saturated heterocycles. The third-order valence-corrected chi connectivity index (χ3v) is 4.44. The number of nitrogens with one attached hydrogen (secondary N) is 1. The molecule has 0 radical (unpaired) electrons. The van der Waals surface area contributed by atoms with E-state index in [-0.39, 0.29) is 11.9 Å². The van der Waals surface area contributed by atoms with Gasteiger partial charge in [0.25, 0.3) is 0 Å². The number of nitrogens with zero attached hydrogens (tertiary/aromatic N) is 4. The highest BCUT2D eigenvalue weighted by Gasteiger charge is 2.31. The van der Waals surface area contributed by atoms with Gasteiger partial charge in [0.1, 0.15) is 18.7 Å². The molecule has 0 bridgehead atoms. The maximum atomic E-state index is 12.6. The Labute approximate surface area is 120 Å². The SMILES string of the molecule is CNC1C(=O)N(Cc2ncncn2)CCc2ccsc21. The van der Waals surface area contributed by atoms with E-state index in [0.29, 0.717) is 18.9 Å². The normalized spacial score (nSPS) is 18.8. The molecule has 0 aromatic carbocycles. The van der Waals surface area contributed by atoms with Crippen molar-refractivity contribution in [2.45, 2.75) is 19.0 Å². The number of likely N-dealkylation sites (N-methyl/N-ethyl adjacent to an activating group) is 1. The molecular weight excluding hydrogens is 274 g/mol.